The van der Waals surface area contributed by atoms with E-state index in [1.165, 1.54) is 4.90 Å². The van der Waals surface area contributed by atoms with Gasteiger partial charge < -0.3 is 10.0 Å². The summed E-state index contributed by atoms with van der Waals surface area (Å²) in [5.74, 6) is -1.98. The second-order valence-electron chi connectivity index (χ2n) is 4.50. The van der Waals surface area contributed by atoms with E-state index in [4.69, 9.17) is 10.4 Å². The summed E-state index contributed by atoms with van der Waals surface area (Å²) in [5, 5.41) is 17.6. The predicted molar refractivity (Wildman–Crippen MR) is 61.0 cm³/mol. The van der Waals surface area contributed by atoms with E-state index in [1.807, 2.05) is 6.07 Å². The maximum atomic E-state index is 12.1. The summed E-state index contributed by atoms with van der Waals surface area (Å²) < 4.78 is 0. The van der Waals surface area contributed by atoms with Gasteiger partial charge in [-0.1, -0.05) is 12.8 Å². The Morgan fingerprint density at radius 2 is 1.94 bits per heavy atom. The summed E-state index contributed by atoms with van der Waals surface area (Å²) >= 11 is 0. The van der Waals surface area contributed by atoms with Crippen LogP contribution in [0.5, 0.6) is 0 Å². The van der Waals surface area contributed by atoms with Crippen molar-refractivity contribution in [2.24, 2.45) is 11.8 Å². The van der Waals surface area contributed by atoms with E-state index in [1.54, 1.807) is 7.05 Å². The molecule has 5 heteroatoms. The van der Waals surface area contributed by atoms with Gasteiger partial charge in [-0.05, 0) is 12.8 Å². The number of hydrogen-bond acceptors (Lipinski definition) is 3. The zero-order valence-electron chi connectivity index (χ0n) is 10.1. The first-order valence-corrected chi connectivity index (χ1v) is 5.92. The van der Waals surface area contributed by atoms with Crippen molar-refractivity contribution in [1.29, 1.82) is 5.26 Å². The molecule has 1 fully saturated rings. The van der Waals surface area contributed by atoms with Crippen LogP contribution >= 0.6 is 0 Å². The van der Waals surface area contributed by atoms with Crippen molar-refractivity contribution in [1.82, 2.24) is 4.90 Å². The molecule has 2 atom stereocenters. The van der Waals surface area contributed by atoms with Crippen molar-refractivity contribution < 1.29 is 14.7 Å². The molecule has 1 aliphatic carbocycles. The van der Waals surface area contributed by atoms with Crippen LogP contribution in [0, 0.1) is 23.2 Å². The van der Waals surface area contributed by atoms with Gasteiger partial charge in [0, 0.05) is 13.6 Å². The second kappa shape index (κ2) is 6.24. The molecular weight excluding hydrogens is 220 g/mol. The van der Waals surface area contributed by atoms with Crippen LogP contribution in [0.4, 0.5) is 0 Å². The van der Waals surface area contributed by atoms with Crippen LogP contribution in [-0.2, 0) is 9.59 Å². The predicted octanol–water partition coefficient (Wildman–Crippen LogP) is 1.25. The van der Waals surface area contributed by atoms with Crippen molar-refractivity contribution >= 4 is 11.9 Å². The molecule has 0 radical (unpaired) electrons. The fraction of sp³-hybridized carbons (Fsp3) is 0.750. The number of nitrogens with zero attached hydrogens (tertiary/aromatic N) is 2. The van der Waals surface area contributed by atoms with Crippen LogP contribution in [0.25, 0.3) is 0 Å². The van der Waals surface area contributed by atoms with E-state index in [2.05, 4.69) is 0 Å². The highest BCUT2D eigenvalue weighted by Crippen LogP contribution is 2.31. The number of nitriles is 1. The Kier molecular flexibility index (Phi) is 4.95. The molecular formula is C12H18N2O3. The van der Waals surface area contributed by atoms with Gasteiger partial charge in [0.05, 0.1) is 24.3 Å². The average Bonchev–Trinajstić information content (AvgIpc) is 2.34. The largest absolute Gasteiger partial charge is 0.481 e. The van der Waals surface area contributed by atoms with E-state index in [0.717, 1.165) is 12.8 Å². The Hall–Kier alpha value is -1.57. The number of hydrogen-bond donors (Lipinski definition) is 1. The molecule has 5 nitrogen and oxygen atoms in total. The highest BCUT2D eigenvalue weighted by atomic mass is 16.4. The van der Waals surface area contributed by atoms with Crippen molar-refractivity contribution in [3.63, 3.8) is 0 Å². The quantitative estimate of drug-likeness (QED) is 0.799. The molecule has 1 rings (SSSR count). The van der Waals surface area contributed by atoms with Crippen molar-refractivity contribution in [2.45, 2.75) is 32.1 Å². The first kappa shape index (κ1) is 13.5. The molecule has 17 heavy (non-hydrogen) atoms. The summed E-state index contributed by atoms with van der Waals surface area (Å²) in [6.07, 6.45) is 3.30. The van der Waals surface area contributed by atoms with Gasteiger partial charge in [0.25, 0.3) is 0 Å². The summed E-state index contributed by atoms with van der Waals surface area (Å²) in [4.78, 5) is 24.6. The Bertz CT molecular complexity index is 335. The molecule has 0 spiro atoms. The van der Waals surface area contributed by atoms with Crippen LogP contribution < -0.4 is 0 Å². The SMILES string of the molecule is CN(CCC#N)C(=O)[C@H]1CCCC[C@@H]1C(=O)O. The third-order valence-corrected chi connectivity index (χ3v) is 3.34. The van der Waals surface area contributed by atoms with Gasteiger partial charge in [-0.2, -0.15) is 5.26 Å². The highest BCUT2D eigenvalue weighted by molar-refractivity contribution is 5.84. The maximum absolute atomic E-state index is 12.1. The molecule has 0 aromatic rings. The minimum atomic E-state index is -0.878. The fourth-order valence-electron chi connectivity index (χ4n) is 2.33. The van der Waals surface area contributed by atoms with E-state index < -0.39 is 17.8 Å². The molecule has 0 aromatic carbocycles. The number of rotatable bonds is 4. The fourth-order valence-corrected chi connectivity index (χ4v) is 2.33. The Morgan fingerprint density at radius 3 is 2.47 bits per heavy atom. The lowest BCUT2D eigenvalue weighted by atomic mass is 9.78. The van der Waals surface area contributed by atoms with E-state index >= 15 is 0 Å². The molecule has 94 valence electrons. The summed E-state index contributed by atoms with van der Waals surface area (Å²) in [5.41, 5.74) is 0. The van der Waals surface area contributed by atoms with Crippen molar-refractivity contribution in [3.8, 4) is 6.07 Å². The van der Waals surface area contributed by atoms with Gasteiger partial charge >= 0.3 is 5.97 Å². The normalized spacial score (nSPS) is 23.8. The lowest BCUT2D eigenvalue weighted by molar-refractivity contribution is -0.151. The van der Waals surface area contributed by atoms with Gasteiger partial charge in [-0.25, -0.2) is 0 Å². The lowest BCUT2D eigenvalue weighted by Gasteiger charge is -2.30. The average molecular weight is 238 g/mol. The monoisotopic (exact) mass is 238 g/mol. The molecule has 1 saturated carbocycles. The molecule has 0 bridgehead atoms. The van der Waals surface area contributed by atoms with Crippen LogP contribution in [0.15, 0.2) is 0 Å². The third-order valence-electron chi connectivity index (χ3n) is 3.34. The molecule has 0 saturated heterocycles. The molecule has 0 unspecified atom stereocenters. The van der Waals surface area contributed by atoms with Crippen LogP contribution in [0.1, 0.15) is 32.1 Å². The lowest BCUT2D eigenvalue weighted by Crippen LogP contribution is -2.41. The first-order chi connectivity index (χ1) is 8.07. The van der Waals surface area contributed by atoms with E-state index in [-0.39, 0.29) is 12.3 Å². The number of carbonyl (C=O) groups is 2. The standard InChI is InChI=1S/C12H18N2O3/c1-14(8-4-7-13)11(15)9-5-2-3-6-10(9)12(16)17/h9-10H,2-6,8H2,1H3,(H,16,17)/t9-,10-/m0/s1. The van der Waals surface area contributed by atoms with Crippen molar-refractivity contribution in [2.75, 3.05) is 13.6 Å². The van der Waals surface area contributed by atoms with Gasteiger partial charge in [0.2, 0.25) is 5.91 Å². The minimum absolute atomic E-state index is 0.132. The molecule has 0 aromatic heterocycles. The Morgan fingerprint density at radius 1 is 1.35 bits per heavy atom. The smallest absolute Gasteiger partial charge is 0.307 e. The van der Waals surface area contributed by atoms with Gasteiger partial charge in [0.15, 0.2) is 0 Å². The summed E-state index contributed by atoms with van der Waals surface area (Å²) in [6, 6.07) is 1.98. The van der Waals surface area contributed by atoms with Crippen molar-refractivity contribution in [3.05, 3.63) is 0 Å². The molecule has 1 amide bonds. The molecule has 1 aliphatic rings. The summed E-state index contributed by atoms with van der Waals surface area (Å²) in [7, 11) is 1.63. The summed E-state index contributed by atoms with van der Waals surface area (Å²) in [6.45, 7) is 0.373. The minimum Gasteiger partial charge on any atom is -0.481 e. The molecule has 1 N–H and O–H groups in total. The topological polar surface area (TPSA) is 81.4 Å². The van der Waals surface area contributed by atoms with Gasteiger partial charge in [0.1, 0.15) is 0 Å². The Labute approximate surface area is 101 Å². The highest BCUT2D eigenvalue weighted by Gasteiger charge is 2.36. The number of carboxylic acids is 1. The van der Waals surface area contributed by atoms with Gasteiger partial charge in [-0.3, -0.25) is 9.59 Å². The Balaban J connectivity index is 2.65. The number of carbonyl (C=O) groups excluding carboxylic acids is 1. The third kappa shape index (κ3) is 3.45. The maximum Gasteiger partial charge on any atom is 0.307 e. The zero-order valence-corrected chi connectivity index (χ0v) is 10.1. The zero-order chi connectivity index (χ0) is 12.8. The van der Waals surface area contributed by atoms with Crippen LogP contribution in [0.3, 0.4) is 0 Å². The van der Waals surface area contributed by atoms with E-state index in [9.17, 15) is 9.59 Å². The number of carboxylic acid groups (broad SMARTS) is 1. The van der Waals surface area contributed by atoms with Crippen LogP contribution in [0.2, 0.25) is 0 Å². The first-order valence-electron chi connectivity index (χ1n) is 5.92. The molecule has 0 heterocycles. The number of aliphatic carboxylic acids is 1. The number of amides is 1. The second-order valence-corrected chi connectivity index (χ2v) is 4.50. The van der Waals surface area contributed by atoms with E-state index in [0.29, 0.717) is 19.4 Å². The van der Waals surface area contributed by atoms with Gasteiger partial charge in [-0.15, -0.1) is 0 Å². The molecule has 0 aliphatic heterocycles. The van der Waals surface area contributed by atoms with Crippen LogP contribution in [-0.4, -0.2) is 35.5 Å².